The molecule has 6 heteroatoms. The van der Waals surface area contributed by atoms with Crippen LogP contribution in [0, 0.1) is 5.82 Å². The molecule has 25 heavy (non-hydrogen) atoms. The number of aromatic amines is 1. The highest BCUT2D eigenvalue weighted by Crippen LogP contribution is 2.30. The maximum absolute atomic E-state index is 13.5. The fourth-order valence-electron chi connectivity index (χ4n) is 3.00. The van der Waals surface area contributed by atoms with Gasteiger partial charge in [-0.05, 0) is 36.6 Å². The first kappa shape index (κ1) is 15.5. The molecule has 1 aliphatic rings. The minimum Gasteiger partial charge on any atom is -0.330 e. The fraction of sp³-hybridized carbons (Fsp3) is 0.211. The molecule has 1 saturated carbocycles. The Morgan fingerprint density at radius 1 is 1.16 bits per heavy atom. The normalized spacial score (nSPS) is 13.8. The summed E-state index contributed by atoms with van der Waals surface area (Å²) in [5.41, 5.74) is 0.628. The molecule has 1 aromatic heterocycles. The van der Waals surface area contributed by atoms with Gasteiger partial charge >= 0.3 is 0 Å². The Balaban J connectivity index is 1.73. The summed E-state index contributed by atoms with van der Waals surface area (Å²) < 4.78 is 13.5. The van der Waals surface area contributed by atoms with E-state index in [4.69, 9.17) is 0 Å². The van der Waals surface area contributed by atoms with Crippen molar-refractivity contribution in [1.29, 1.82) is 0 Å². The number of rotatable bonds is 4. The van der Waals surface area contributed by atoms with Crippen molar-refractivity contribution in [3.05, 3.63) is 76.0 Å². The van der Waals surface area contributed by atoms with Gasteiger partial charge in [-0.25, -0.2) is 9.49 Å². The van der Waals surface area contributed by atoms with Crippen molar-refractivity contribution < 1.29 is 9.18 Å². The van der Waals surface area contributed by atoms with E-state index in [0.29, 0.717) is 17.3 Å². The van der Waals surface area contributed by atoms with Crippen LogP contribution in [0.5, 0.6) is 0 Å². The molecule has 0 spiro atoms. The molecule has 1 N–H and O–H groups in total. The number of H-pyrrole nitrogens is 1. The number of carbonyl (C=O) groups excluding carboxylic acids is 1. The Bertz CT molecular complexity index is 1010. The Morgan fingerprint density at radius 2 is 1.92 bits per heavy atom. The number of carbonyl (C=O) groups is 1. The van der Waals surface area contributed by atoms with E-state index in [1.165, 1.54) is 12.1 Å². The molecule has 126 valence electrons. The summed E-state index contributed by atoms with van der Waals surface area (Å²) in [6.45, 7) is 0.316. The van der Waals surface area contributed by atoms with Crippen LogP contribution in [-0.2, 0) is 6.54 Å². The molecule has 3 aromatic rings. The standard InChI is InChI=1S/C19H16FN3O2/c20-13-5-3-4-12(10-13)11-23(14-8-9-14)19(25)17-15-6-1-2-7-16(15)18(24)22-21-17/h1-7,10,14H,8-9,11H2,(H,22,24). The molecule has 1 heterocycles. The molecule has 1 amide bonds. The van der Waals surface area contributed by atoms with Crippen LogP contribution in [0.4, 0.5) is 4.39 Å². The smallest absolute Gasteiger partial charge is 0.275 e. The van der Waals surface area contributed by atoms with Gasteiger partial charge in [0.15, 0.2) is 5.69 Å². The number of hydrogen-bond donors (Lipinski definition) is 1. The topological polar surface area (TPSA) is 66.1 Å². The van der Waals surface area contributed by atoms with E-state index in [9.17, 15) is 14.0 Å². The lowest BCUT2D eigenvalue weighted by Gasteiger charge is -2.22. The average molecular weight is 337 g/mol. The number of aromatic nitrogens is 2. The molecule has 0 aliphatic heterocycles. The van der Waals surface area contributed by atoms with Crippen molar-refractivity contribution >= 4 is 16.7 Å². The zero-order chi connectivity index (χ0) is 17.4. The third kappa shape index (κ3) is 3.03. The van der Waals surface area contributed by atoms with E-state index in [2.05, 4.69) is 10.2 Å². The second-order valence-corrected chi connectivity index (χ2v) is 6.24. The molecule has 2 aromatic carbocycles. The lowest BCUT2D eigenvalue weighted by atomic mass is 10.1. The Labute approximate surface area is 143 Å². The number of fused-ring (bicyclic) bond motifs is 1. The number of halogens is 1. The van der Waals surface area contributed by atoms with Gasteiger partial charge in [0.1, 0.15) is 5.82 Å². The minimum absolute atomic E-state index is 0.128. The summed E-state index contributed by atoms with van der Waals surface area (Å²) in [5.74, 6) is -0.576. The highest BCUT2D eigenvalue weighted by Gasteiger charge is 2.34. The van der Waals surface area contributed by atoms with Crippen molar-refractivity contribution in [2.45, 2.75) is 25.4 Å². The largest absolute Gasteiger partial charge is 0.330 e. The Kier molecular flexibility index (Phi) is 3.80. The van der Waals surface area contributed by atoms with Crippen LogP contribution in [0.2, 0.25) is 0 Å². The average Bonchev–Trinajstić information content (AvgIpc) is 3.45. The predicted octanol–water partition coefficient (Wildman–Crippen LogP) is 2.87. The van der Waals surface area contributed by atoms with E-state index < -0.39 is 0 Å². The van der Waals surface area contributed by atoms with Gasteiger partial charge < -0.3 is 4.90 Å². The Morgan fingerprint density at radius 3 is 2.64 bits per heavy atom. The van der Waals surface area contributed by atoms with Gasteiger partial charge in [-0.2, -0.15) is 5.10 Å². The summed E-state index contributed by atoms with van der Waals surface area (Å²) in [6.07, 6.45) is 1.84. The lowest BCUT2D eigenvalue weighted by Crippen LogP contribution is -2.34. The number of hydrogen-bond acceptors (Lipinski definition) is 3. The van der Waals surface area contributed by atoms with Crippen molar-refractivity contribution in [2.24, 2.45) is 0 Å². The first-order valence-corrected chi connectivity index (χ1v) is 8.16. The molecular formula is C19H16FN3O2. The van der Waals surface area contributed by atoms with Crippen LogP contribution in [0.25, 0.3) is 10.8 Å². The van der Waals surface area contributed by atoms with Crippen molar-refractivity contribution in [2.75, 3.05) is 0 Å². The van der Waals surface area contributed by atoms with Crippen LogP contribution in [0.15, 0.2) is 53.3 Å². The van der Waals surface area contributed by atoms with E-state index in [-0.39, 0.29) is 29.0 Å². The number of nitrogens with zero attached hydrogens (tertiary/aromatic N) is 2. The first-order chi connectivity index (χ1) is 12.1. The molecule has 4 rings (SSSR count). The van der Waals surface area contributed by atoms with Crippen LogP contribution in [0.3, 0.4) is 0 Å². The maximum Gasteiger partial charge on any atom is 0.275 e. The Hall–Kier alpha value is -3.02. The van der Waals surface area contributed by atoms with Gasteiger partial charge in [-0.1, -0.05) is 30.3 Å². The van der Waals surface area contributed by atoms with E-state index in [1.54, 1.807) is 41.3 Å². The van der Waals surface area contributed by atoms with Gasteiger partial charge in [0.2, 0.25) is 0 Å². The van der Waals surface area contributed by atoms with Crippen LogP contribution < -0.4 is 5.56 Å². The summed E-state index contributed by atoms with van der Waals surface area (Å²) >= 11 is 0. The summed E-state index contributed by atoms with van der Waals surface area (Å²) in [7, 11) is 0. The van der Waals surface area contributed by atoms with Gasteiger partial charge in [0.25, 0.3) is 11.5 Å². The molecule has 0 bridgehead atoms. The van der Waals surface area contributed by atoms with E-state index in [1.807, 2.05) is 0 Å². The van der Waals surface area contributed by atoms with Crippen molar-refractivity contribution in [3.63, 3.8) is 0 Å². The third-order valence-electron chi connectivity index (χ3n) is 4.39. The van der Waals surface area contributed by atoms with Gasteiger partial charge in [0.05, 0.1) is 5.39 Å². The first-order valence-electron chi connectivity index (χ1n) is 8.16. The summed E-state index contributed by atoms with van der Waals surface area (Å²) in [6, 6.07) is 13.3. The zero-order valence-electron chi connectivity index (χ0n) is 13.4. The molecular weight excluding hydrogens is 321 g/mol. The maximum atomic E-state index is 13.5. The van der Waals surface area contributed by atoms with Crippen LogP contribution in [-0.4, -0.2) is 27.0 Å². The van der Waals surface area contributed by atoms with E-state index >= 15 is 0 Å². The van der Waals surface area contributed by atoms with E-state index in [0.717, 1.165) is 18.4 Å². The quantitative estimate of drug-likeness (QED) is 0.796. The predicted molar refractivity (Wildman–Crippen MR) is 91.7 cm³/mol. The highest BCUT2D eigenvalue weighted by molar-refractivity contribution is 6.04. The van der Waals surface area contributed by atoms with Gasteiger partial charge in [0, 0.05) is 18.0 Å². The second kappa shape index (κ2) is 6.12. The minimum atomic E-state index is -0.326. The third-order valence-corrected chi connectivity index (χ3v) is 4.39. The van der Waals surface area contributed by atoms with Crippen molar-refractivity contribution in [1.82, 2.24) is 15.1 Å². The summed E-state index contributed by atoms with van der Waals surface area (Å²) in [4.78, 5) is 26.7. The van der Waals surface area contributed by atoms with Crippen LogP contribution in [0.1, 0.15) is 28.9 Å². The fourth-order valence-corrected chi connectivity index (χ4v) is 3.00. The van der Waals surface area contributed by atoms with Crippen molar-refractivity contribution in [3.8, 4) is 0 Å². The zero-order valence-corrected chi connectivity index (χ0v) is 13.4. The number of benzene rings is 2. The summed E-state index contributed by atoms with van der Waals surface area (Å²) in [5, 5.41) is 7.35. The molecule has 0 atom stereocenters. The number of nitrogens with one attached hydrogen (secondary N) is 1. The lowest BCUT2D eigenvalue weighted by molar-refractivity contribution is 0.0724. The SMILES string of the molecule is O=C(c1n[nH]c(=O)c2ccccc12)N(Cc1cccc(F)c1)C1CC1. The molecule has 1 fully saturated rings. The molecule has 0 unspecified atom stereocenters. The van der Waals surface area contributed by atoms with Crippen LogP contribution >= 0.6 is 0 Å². The molecule has 0 saturated heterocycles. The monoisotopic (exact) mass is 337 g/mol. The highest BCUT2D eigenvalue weighted by atomic mass is 19.1. The molecule has 1 aliphatic carbocycles. The van der Waals surface area contributed by atoms with Gasteiger partial charge in [-0.3, -0.25) is 9.59 Å². The molecule has 0 radical (unpaired) electrons. The van der Waals surface area contributed by atoms with Gasteiger partial charge in [-0.15, -0.1) is 0 Å². The molecule has 5 nitrogen and oxygen atoms in total. The second-order valence-electron chi connectivity index (χ2n) is 6.24. The number of amides is 1.